The molecule has 0 aliphatic heterocycles. The molecule has 98 valence electrons. The van der Waals surface area contributed by atoms with Crippen molar-refractivity contribution in [1.82, 2.24) is 4.31 Å². The van der Waals surface area contributed by atoms with Crippen LogP contribution in [0.4, 0.5) is 0 Å². The maximum absolute atomic E-state index is 12.0. The van der Waals surface area contributed by atoms with E-state index in [1.165, 1.54) is 7.05 Å². The van der Waals surface area contributed by atoms with E-state index in [1.807, 2.05) is 0 Å². The standard InChI is InChI=1S/C13H17NO3S/c1-3-10-14(2)18(16,17)13-8-6-12(7-9-13)5-4-11-15/h1,6-9,15H,4-5,10-11H2,2H3. The molecule has 18 heavy (non-hydrogen) atoms. The Hall–Kier alpha value is -1.35. The molecule has 1 N–H and O–H groups in total. The third kappa shape index (κ3) is 3.57. The van der Waals surface area contributed by atoms with Crippen LogP contribution in [0, 0.1) is 12.3 Å². The second-order valence-electron chi connectivity index (χ2n) is 3.94. The molecular weight excluding hydrogens is 250 g/mol. The van der Waals surface area contributed by atoms with Crippen LogP contribution in [0.2, 0.25) is 0 Å². The molecule has 0 fully saturated rings. The third-order valence-electron chi connectivity index (χ3n) is 2.57. The van der Waals surface area contributed by atoms with Gasteiger partial charge in [0.1, 0.15) is 0 Å². The summed E-state index contributed by atoms with van der Waals surface area (Å²) >= 11 is 0. The topological polar surface area (TPSA) is 57.6 Å². The molecule has 1 aromatic carbocycles. The van der Waals surface area contributed by atoms with Gasteiger partial charge in [0.15, 0.2) is 0 Å². The maximum Gasteiger partial charge on any atom is 0.243 e. The van der Waals surface area contributed by atoms with Crippen molar-refractivity contribution < 1.29 is 13.5 Å². The van der Waals surface area contributed by atoms with Crippen LogP contribution in [0.5, 0.6) is 0 Å². The predicted molar refractivity (Wildman–Crippen MR) is 70.5 cm³/mol. The molecule has 0 aromatic heterocycles. The lowest BCUT2D eigenvalue weighted by Gasteiger charge is -2.14. The van der Waals surface area contributed by atoms with E-state index >= 15 is 0 Å². The molecule has 0 unspecified atom stereocenters. The van der Waals surface area contributed by atoms with Crippen LogP contribution in [0.3, 0.4) is 0 Å². The van der Waals surface area contributed by atoms with Crippen molar-refractivity contribution in [2.75, 3.05) is 20.2 Å². The highest BCUT2D eigenvalue weighted by Gasteiger charge is 2.19. The van der Waals surface area contributed by atoms with E-state index in [2.05, 4.69) is 5.92 Å². The lowest BCUT2D eigenvalue weighted by Crippen LogP contribution is -2.27. The van der Waals surface area contributed by atoms with Gasteiger partial charge in [-0.25, -0.2) is 8.42 Å². The zero-order valence-electron chi connectivity index (χ0n) is 10.3. The molecule has 4 nitrogen and oxygen atoms in total. The molecule has 0 radical (unpaired) electrons. The maximum atomic E-state index is 12.0. The lowest BCUT2D eigenvalue weighted by molar-refractivity contribution is 0.288. The lowest BCUT2D eigenvalue weighted by atomic mass is 10.1. The Morgan fingerprint density at radius 2 is 1.94 bits per heavy atom. The van der Waals surface area contributed by atoms with Gasteiger partial charge < -0.3 is 5.11 Å². The predicted octanol–water partition coefficient (Wildman–Crippen LogP) is 0.865. The van der Waals surface area contributed by atoms with Crippen LogP contribution in [0.25, 0.3) is 0 Å². The van der Waals surface area contributed by atoms with Crippen LogP contribution >= 0.6 is 0 Å². The first-order valence-corrected chi connectivity index (χ1v) is 7.06. The van der Waals surface area contributed by atoms with Gasteiger partial charge in [0.25, 0.3) is 0 Å². The highest BCUT2D eigenvalue weighted by atomic mass is 32.2. The first-order valence-electron chi connectivity index (χ1n) is 5.62. The summed E-state index contributed by atoms with van der Waals surface area (Å²) in [6.45, 7) is 0.180. The smallest absolute Gasteiger partial charge is 0.243 e. The molecule has 0 atom stereocenters. The van der Waals surface area contributed by atoms with E-state index in [9.17, 15) is 8.42 Å². The Labute approximate surface area is 108 Å². The zero-order chi connectivity index (χ0) is 13.6. The van der Waals surface area contributed by atoms with Crippen molar-refractivity contribution in [3.63, 3.8) is 0 Å². The molecule has 1 aromatic rings. The Morgan fingerprint density at radius 3 is 2.44 bits per heavy atom. The molecule has 0 amide bonds. The van der Waals surface area contributed by atoms with Crippen LogP contribution < -0.4 is 0 Å². The molecule has 1 rings (SSSR count). The summed E-state index contributed by atoms with van der Waals surface area (Å²) in [4.78, 5) is 0.230. The average Bonchev–Trinajstić information content (AvgIpc) is 2.37. The number of aliphatic hydroxyl groups excluding tert-OH is 1. The molecule has 5 heteroatoms. The second kappa shape index (κ2) is 6.55. The number of aliphatic hydroxyl groups is 1. The molecular formula is C13H17NO3S. The van der Waals surface area contributed by atoms with Crippen molar-refractivity contribution in [3.8, 4) is 12.3 Å². The number of rotatable bonds is 6. The number of hydrogen-bond donors (Lipinski definition) is 1. The summed E-state index contributed by atoms with van der Waals surface area (Å²) in [5.74, 6) is 2.30. The van der Waals surface area contributed by atoms with E-state index in [1.54, 1.807) is 24.3 Å². The fourth-order valence-corrected chi connectivity index (χ4v) is 2.59. The van der Waals surface area contributed by atoms with Crippen molar-refractivity contribution in [2.24, 2.45) is 0 Å². The van der Waals surface area contributed by atoms with Gasteiger partial charge in [-0.3, -0.25) is 0 Å². The van der Waals surface area contributed by atoms with E-state index in [0.717, 1.165) is 16.3 Å². The van der Waals surface area contributed by atoms with Gasteiger partial charge in [0, 0.05) is 13.7 Å². The quantitative estimate of drug-likeness (QED) is 0.778. The van der Waals surface area contributed by atoms with E-state index < -0.39 is 10.0 Å². The van der Waals surface area contributed by atoms with Crippen molar-refractivity contribution in [1.29, 1.82) is 0 Å². The number of hydrogen-bond acceptors (Lipinski definition) is 3. The SMILES string of the molecule is C#CCN(C)S(=O)(=O)c1ccc(CCCO)cc1. The van der Waals surface area contributed by atoms with Crippen LogP contribution in [-0.4, -0.2) is 38.0 Å². The summed E-state index contributed by atoms with van der Waals surface area (Å²) < 4.78 is 25.2. The first-order chi connectivity index (χ1) is 8.52. The first kappa shape index (κ1) is 14.7. The van der Waals surface area contributed by atoms with Crippen LogP contribution in [0.1, 0.15) is 12.0 Å². The van der Waals surface area contributed by atoms with Crippen molar-refractivity contribution >= 4 is 10.0 Å². The monoisotopic (exact) mass is 267 g/mol. The van der Waals surface area contributed by atoms with Gasteiger partial charge in [-0.2, -0.15) is 4.31 Å². The van der Waals surface area contributed by atoms with E-state index in [4.69, 9.17) is 11.5 Å². The van der Waals surface area contributed by atoms with Gasteiger partial charge in [-0.15, -0.1) is 6.42 Å². The van der Waals surface area contributed by atoms with Crippen molar-refractivity contribution in [2.45, 2.75) is 17.7 Å². The largest absolute Gasteiger partial charge is 0.396 e. The minimum absolute atomic E-state index is 0.0502. The summed E-state index contributed by atoms with van der Waals surface area (Å²) in [7, 11) is -2.04. The van der Waals surface area contributed by atoms with Gasteiger partial charge in [-0.05, 0) is 30.5 Å². The van der Waals surface area contributed by atoms with Gasteiger partial charge in [0.2, 0.25) is 10.0 Å². The summed E-state index contributed by atoms with van der Waals surface area (Å²) in [6, 6.07) is 6.64. The Morgan fingerprint density at radius 1 is 1.33 bits per heavy atom. The summed E-state index contributed by atoms with van der Waals surface area (Å²) in [5, 5.41) is 8.72. The number of sulfonamides is 1. The van der Waals surface area contributed by atoms with Gasteiger partial charge in [-0.1, -0.05) is 18.1 Å². The molecule has 0 aliphatic carbocycles. The zero-order valence-corrected chi connectivity index (χ0v) is 11.2. The minimum atomic E-state index is -3.50. The molecule has 0 saturated heterocycles. The number of benzene rings is 1. The number of aryl methyl sites for hydroxylation is 1. The highest BCUT2D eigenvalue weighted by Crippen LogP contribution is 2.15. The highest BCUT2D eigenvalue weighted by molar-refractivity contribution is 7.89. The van der Waals surface area contributed by atoms with Crippen molar-refractivity contribution in [3.05, 3.63) is 29.8 Å². The Balaban J connectivity index is 2.88. The Kier molecular flexibility index (Phi) is 5.35. The van der Waals surface area contributed by atoms with E-state index in [0.29, 0.717) is 6.42 Å². The molecule has 0 spiro atoms. The fourth-order valence-electron chi connectivity index (χ4n) is 1.50. The molecule has 0 aliphatic rings. The third-order valence-corrected chi connectivity index (χ3v) is 4.39. The van der Waals surface area contributed by atoms with Crippen LogP contribution in [0.15, 0.2) is 29.2 Å². The molecule has 0 heterocycles. The normalized spacial score (nSPS) is 11.4. The number of terminal acetylenes is 1. The summed E-state index contributed by atoms with van der Waals surface area (Å²) in [5.41, 5.74) is 1.00. The number of nitrogens with zero attached hydrogens (tertiary/aromatic N) is 1. The average molecular weight is 267 g/mol. The second-order valence-corrected chi connectivity index (χ2v) is 5.98. The minimum Gasteiger partial charge on any atom is -0.396 e. The Bertz CT molecular complexity index is 514. The van der Waals surface area contributed by atoms with Gasteiger partial charge >= 0.3 is 0 Å². The van der Waals surface area contributed by atoms with Crippen LogP contribution in [-0.2, 0) is 16.4 Å². The van der Waals surface area contributed by atoms with Gasteiger partial charge in [0.05, 0.1) is 11.4 Å². The fraction of sp³-hybridized carbons (Fsp3) is 0.385. The molecule has 0 bridgehead atoms. The van der Waals surface area contributed by atoms with E-state index in [-0.39, 0.29) is 18.0 Å². The molecule has 0 saturated carbocycles. The summed E-state index contributed by atoms with van der Waals surface area (Å²) in [6.07, 6.45) is 6.51.